The quantitative estimate of drug-likeness (QED) is 0.607. The Hall–Kier alpha value is -2.60. The maximum Gasteiger partial charge on any atom is 0.261 e. The summed E-state index contributed by atoms with van der Waals surface area (Å²) in [7, 11) is -3.65. The summed E-state index contributed by atoms with van der Waals surface area (Å²) >= 11 is 0. The number of hydrogen-bond acceptors (Lipinski definition) is 3. The van der Waals surface area contributed by atoms with Crippen molar-refractivity contribution in [3.05, 3.63) is 72.3 Å². The Morgan fingerprint density at radius 2 is 1.76 bits per heavy atom. The Bertz CT molecular complexity index is 960. The third-order valence-electron chi connectivity index (χ3n) is 5.51. The first-order valence-electron chi connectivity index (χ1n) is 10.0. The third-order valence-corrected chi connectivity index (χ3v) is 6.91. The van der Waals surface area contributed by atoms with Gasteiger partial charge in [-0.3, -0.25) is 9.52 Å². The van der Waals surface area contributed by atoms with Crippen molar-refractivity contribution in [1.82, 2.24) is 5.32 Å². The lowest BCUT2D eigenvalue weighted by molar-refractivity contribution is -0.129. The van der Waals surface area contributed by atoms with E-state index in [1.165, 1.54) is 0 Å². The number of hydrogen-bond donors (Lipinski definition) is 2. The maximum atomic E-state index is 12.7. The summed E-state index contributed by atoms with van der Waals surface area (Å²) in [5, 5.41) is 2.89. The van der Waals surface area contributed by atoms with Gasteiger partial charge in [-0.05, 0) is 54.7 Å². The average molecular weight is 413 g/mol. The van der Waals surface area contributed by atoms with Gasteiger partial charge < -0.3 is 5.32 Å². The van der Waals surface area contributed by atoms with Crippen molar-refractivity contribution in [2.75, 3.05) is 11.3 Å². The Labute approximate surface area is 173 Å². The van der Waals surface area contributed by atoms with Crippen LogP contribution < -0.4 is 10.0 Å². The molecule has 0 aliphatic heterocycles. The Kier molecular flexibility index (Phi) is 6.42. The number of sulfonamides is 1. The smallest absolute Gasteiger partial charge is 0.261 e. The summed E-state index contributed by atoms with van der Waals surface area (Å²) in [4.78, 5) is 12.8. The largest absolute Gasteiger partial charge is 0.352 e. The van der Waals surface area contributed by atoms with Gasteiger partial charge in [-0.1, -0.05) is 50.1 Å². The molecule has 3 rings (SSSR count). The fourth-order valence-electron chi connectivity index (χ4n) is 3.71. The van der Waals surface area contributed by atoms with Crippen molar-refractivity contribution in [2.24, 2.45) is 0 Å². The lowest BCUT2D eigenvalue weighted by Gasteiger charge is -2.40. The van der Waals surface area contributed by atoms with E-state index in [9.17, 15) is 13.2 Å². The number of aryl methyl sites for hydroxylation is 1. The van der Waals surface area contributed by atoms with Crippen molar-refractivity contribution < 1.29 is 13.2 Å². The second-order valence-electron chi connectivity index (χ2n) is 7.51. The van der Waals surface area contributed by atoms with E-state index in [1.807, 2.05) is 24.3 Å². The highest BCUT2D eigenvalue weighted by Gasteiger charge is 2.45. The molecule has 0 aromatic heterocycles. The number of nitrogens with one attached hydrogen (secondary N) is 2. The van der Waals surface area contributed by atoms with Crippen LogP contribution >= 0.6 is 0 Å². The molecule has 154 valence electrons. The van der Waals surface area contributed by atoms with Crippen LogP contribution in [0.5, 0.6) is 0 Å². The molecular weight excluding hydrogens is 384 g/mol. The topological polar surface area (TPSA) is 75.3 Å². The number of anilines is 1. The molecule has 5 nitrogen and oxygen atoms in total. The van der Waals surface area contributed by atoms with Gasteiger partial charge in [0.1, 0.15) is 0 Å². The third kappa shape index (κ3) is 4.53. The highest BCUT2D eigenvalue weighted by Crippen LogP contribution is 2.44. The monoisotopic (exact) mass is 412 g/mol. The van der Waals surface area contributed by atoms with Crippen molar-refractivity contribution in [3.8, 4) is 0 Å². The van der Waals surface area contributed by atoms with Crippen LogP contribution in [-0.4, -0.2) is 20.9 Å². The number of amides is 1. The van der Waals surface area contributed by atoms with Crippen LogP contribution in [0.4, 0.5) is 5.69 Å². The summed E-state index contributed by atoms with van der Waals surface area (Å²) in [6, 6.07) is 14.1. The Balaban J connectivity index is 1.74. The summed E-state index contributed by atoms with van der Waals surface area (Å²) in [5.41, 5.74) is 2.00. The first kappa shape index (κ1) is 21.1. The van der Waals surface area contributed by atoms with E-state index in [0.717, 1.165) is 43.2 Å². The number of carbonyl (C=O) groups is 1. The number of rotatable bonds is 9. The Morgan fingerprint density at radius 1 is 1.10 bits per heavy atom. The van der Waals surface area contributed by atoms with Crippen LogP contribution in [0, 0.1) is 0 Å². The highest BCUT2D eigenvalue weighted by molar-refractivity contribution is 7.92. The van der Waals surface area contributed by atoms with Crippen molar-refractivity contribution >= 4 is 21.6 Å². The summed E-state index contributed by atoms with van der Waals surface area (Å²) in [6.07, 6.45) is 6.21. The molecule has 1 saturated carbocycles. The molecule has 0 heterocycles. The van der Waals surface area contributed by atoms with Crippen LogP contribution in [0.2, 0.25) is 0 Å². The van der Waals surface area contributed by atoms with Gasteiger partial charge in [0.2, 0.25) is 5.91 Å². The summed E-state index contributed by atoms with van der Waals surface area (Å²) in [6.45, 7) is 6.17. The zero-order chi connectivity index (χ0) is 20.9. The molecule has 1 fully saturated rings. The lowest BCUT2D eigenvalue weighted by Crippen LogP contribution is -2.49. The SMILES string of the molecule is C=CCNC(=O)C1(c2ccc(NS(=O)(=O)c3ccc(CCC)cc3)cc2)CCC1. The van der Waals surface area contributed by atoms with Crippen LogP contribution in [0.25, 0.3) is 0 Å². The van der Waals surface area contributed by atoms with Gasteiger partial charge in [0.05, 0.1) is 10.3 Å². The normalized spacial score (nSPS) is 15.2. The zero-order valence-corrected chi connectivity index (χ0v) is 17.6. The number of benzene rings is 2. The van der Waals surface area contributed by atoms with Crippen molar-refractivity contribution in [3.63, 3.8) is 0 Å². The van der Waals surface area contributed by atoms with Crippen molar-refractivity contribution in [1.29, 1.82) is 0 Å². The minimum atomic E-state index is -3.65. The summed E-state index contributed by atoms with van der Waals surface area (Å²) < 4.78 is 27.9. The molecule has 0 bridgehead atoms. The predicted octanol–water partition coefficient (Wildman–Crippen LogP) is 4.16. The van der Waals surface area contributed by atoms with Gasteiger partial charge in [0.25, 0.3) is 10.0 Å². The molecule has 0 radical (unpaired) electrons. The molecule has 1 aliphatic rings. The van der Waals surface area contributed by atoms with Gasteiger partial charge in [-0.25, -0.2) is 8.42 Å². The van der Waals surface area contributed by atoms with E-state index in [4.69, 9.17) is 0 Å². The molecule has 0 unspecified atom stereocenters. The van der Waals surface area contributed by atoms with E-state index >= 15 is 0 Å². The second-order valence-corrected chi connectivity index (χ2v) is 9.19. The van der Waals surface area contributed by atoms with Crippen LogP contribution in [0.3, 0.4) is 0 Å². The molecule has 1 aliphatic carbocycles. The van der Waals surface area contributed by atoms with Gasteiger partial charge >= 0.3 is 0 Å². The van der Waals surface area contributed by atoms with E-state index < -0.39 is 15.4 Å². The Morgan fingerprint density at radius 3 is 2.28 bits per heavy atom. The maximum absolute atomic E-state index is 12.7. The minimum absolute atomic E-state index is 0.00384. The molecular formula is C23H28N2O3S. The molecule has 2 aromatic rings. The summed E-state index contributed by atoms with van der Waals surface area (Å²) in [5.74, 6) is 0.00384. The molecule has 1 amide bonds. The second kappa shape index (κ2) is 8.82. The van der Waals surface area contributed by atoms with E-state index in [-0.39, 0.29) is 10.8 Å². The lowest BCUT2D eigenvalue weighted by atomic mass is 9.64. The standard InChI is InChI=1S/C23H28N2O3S/c1-3-6-18-7-13-21(14-8-18)29(27,28)25-20-11-9-19(10-12-20)23(15-5-16-23)22(26)24-17-4-2/h4,7-14,25H,2-3,5-6,15-17H2,1H3,(H,24,26). The van der Waals surface area contributed by atoms with Gasteiger partial charge in [0, 0.05) is 12.2 Å². The fraction of sp³-hybridized carbons (Fsp3) is 0.348. The first-order chi connectivity index (χ1) is 13.9. The molecule has 29 heavy (non-hydrogen) atoms. The van der Waals surface area contributed by atoms with Crippen LogP contribution in [0.1, 0.15) is 43.7 Å². The van der Waals surface area contributed by atoms with E-state index in [1.54, 1.807) is 30.3 Å². The predicted molar refractivity (Wildman–Crippen MR) is 116 cm³/mol. The molecule has 0 saturated heterocycles. The minimum Gasteiger partial charge on any atom is -0.352 e. The molecule has 6 heteroatoms. The van der Waals surface area contributed by atoms with Crippen molar-refractivity contribution in [2.45, 2.75) is 49.3 Å². The number of carbonyl (C=O) groups excluding carboxylic acids is 1. The zero-order valence-electron chi connectivity index (χ0n) is 16.8. The van der Waals surface area contributed by atoms with Gasteiger partial charge in [-0.2, -0.15) is 0 Å². The highest BCUT2D eigenvalue weighted by atomic mass is 32.2. The van der Waals surface area contributed by atoms with Gasteiger partial charge in [0.15, 0.2) is 0 Å². The van der Waals surface area contributed by atoms with Gasteiger partial charge in [-0.15, -0.1) is 6.58 Å². The fourth-order valence-corrected chi connectivity index (χ4v) is 4.77. The van der Waals surface area contributed by atoms with Crippen LogP contribution in [0.15, 0.2) is 66.1 Å². The average Bonchev–Trinajstić information content (AvgIpc) is 2.67. The molecule has 0 atom stereocenters. The first-order valence-corrected chi connectivity index (χ1v) is 11.5. The van der Waals surface area contributed by atoms with E-state index in [0.29, 0.717) is 12.2 Å². The molecule has 0 spiro atoms. The van der Waals surface area contributed by atoms with Crippen LogP contribution in [-0.2, 0) is 26.7 Å². The van der Waals surface area contributed by atoms with E-state index in [2.05, 4.69) is 23.5 Å². The molecule has 2 aromatic carbocycles. The molecule has 2 N–H and O–H groups in total.